The van der Waals surface area contributed by atoms with Crippen molar-refractivity contribution in [2.24, 2.45) is 5.10 Å². The highest BCUT2D eigenvalue weighted by molar-refractivity contribution is 7.21. The number of methoxy groups -OCH3 is 1. The molecule has 0 bridgehead atoms. The number of benzene rings is 2. The third-order valence-electron chi connectivity index (χ3n) is 3.63. The maximum atomic E-state index is 12.3. The Balaban J connectivity index is 1.84. The number of phenolic OH excluding ortho intramolecular Hbond substituents is 1. The summed E-state index contributed by atoms with van der Waals surface area (Å²) in [5, 5.41) is 25.8. The Hall–Kier alpha value is -3.17. The van der Waals surface area contributed by atoms with Crippen LogP contribution in [0.1, 0.15) is 15.2 Å². The molecule has 0 atom stereocenters. The lowest BCUT2D eigenvalue weighted by molar-refractivity contribution is -0.385. The monoisotopic (exact) mass is 405 g/mol. The van der Waals surface area contributed by atoms with E-state index in [0.717, 1.165) is 28.4 Å². The second-order valence-corrected chi connectivity index (χ2v) is 6.71. The molecule has 1 amide bonds. The first kappa shape index (κ1) is 18.6. The highest BCUT2D eigenvalue weighted by atomic mass is 35.5. The van der Waals surface area contributed by atoms with Crippen LogP contribution in [0.5, 0.6) is 11.5 Å². The van der Waals surface area contributed by atoms with Crippen LogP contribution in [0.3, 0.4) is 0 Å². The summed E-state index contributed by atoms with van der Waals surface area (Å²) in [7, 11) is 1.27. The van der Waals surface area contributed by atoms with Crippen molar-refractivity contribution in [3.63, 3.8) is 0 Å². The quantitative estimate of drug-likeness (QED) is 0.379. The van der Waals surface area contributed by atoms with Gasteiger partial charge in [0.25, 0.3) is 11.6 Å². The van der Waals surface area contributed by atoms with Crippen LogP contribution in [-0.4, -0.2) is 29.3 Å². The molecule has 2 aromatic carbocycles. The Morgan fingerprint density at radius 1 is 1.41 bits per heavy atom. The van der Waals surface area contributed by atoms with E-state index in [2.05, 4.69) is 10.5 Å². The predicted octanol–water partition coefficient (Wildman–Crippen LogP) is 3.94. The van der Waals surface area contributed by atoms with Crippen LogP contribution in [0, 0.1) is 10.1 Å². The molecule has 0 saturated heterocycles. The summed E-state index contributed by atoms with van der Waals surface area (Å²) in [6, 6.07) is 9.51. The number of phenols is 1. The number of hydrogen-bond donors (Lipinski definition) is 2. The largest absolute Gasteiger partial charge is 0.504 e. The molecule has 0 fully saturated rings. The molecule has 10 heteroatoms. The van der Waals surface area contributed by atoms with Crippen molar-refractivity contribution in [1.29, 1.82) is 0 Å². The molecule has 0 aliphatic heterocycles. The van der Waals surface area contributed by atoms with Crippen molar-refractivity contribution in [2.45, 2.75) is 0 Å². The van der Waals surface area contributed by atoms with Gasteiger partial charge in [0.15, 0.2) is 11.5 Å². The molecule has 138 valence electrons. The summed E-state index contributed by atoms with van der Waals surface area (Å²) in [6.07, 6.45) is 1.09. The number of carbonyl (C=O) groups is 1. The molecular weight excluding hydrogens is 394 g/mol. The lowest BCUT2D eigenvalue weighted by atomic mass is 10.2. The minimum Gasteiger partial charge on any atom is -0.504 e. The van der Waals surface area contributed by atoms with Gasteiger partial charge in [-0.15, -0.1) is 11.3 Å². The molecule has 0 saturated carbocycles. The number of non-ortho nitro benzene ring substituents is 1. The second-order valence-electron chi connectivity index (χ2n) is 5.28. The number of nitro groups is 1. The zero-order valence-corrected chi connectivity index (χ0v) is 15.4. The third-order valence-corrected chi connectivity index (χ3v) is 5.30. The van der Waals surface area contributed by atoms with Crippen LogP contribution in [0.2, 0.25) is 5.02 Å². The number of halogens is 1. The third kappa shape index (κ3) is 3.69. The summed E-state index contributed by atoms with van der Waals surface area (Å²) in [5.74, 6) is -0.945. The number of nitrogens with zero attached hydrogens (tertiary/aromatic N) is 2. The molecule has 0 aliphatic rings. The summed E-state index contributed by atoms with van der Waals surface area (Å²) in [4.78, 5) is 22.9. The molecule has 3 rings (SSSR count). The van der Waals surface area contributed by atoms with Gasteiger partial charge in [0, 0.05) is 21.7 Å². The van der Waals surface area contributed by atoms with Crippen LogP contribution in [0.15, 0.2) is 41.5 Å². The first-order valence-corrected chi connectivity index (χ1v) is 8.67. The van der Waals surface area contributed by atoms with E-state index in [1.807, 2.05) is 24.3 Å². The summed E-state index contributed by atoms with van der Waals surface area (Å²) >= 11 is 7.45. The SMILES string of the molecule is COc1cc([N+](=O)[O-])cc(C=NNC(=O)c2sc3ccccc3c2Cl)c1O. The molecule has 1 heterocycles. The molecule has 0 radical (unpaired) electrons. The van der Waals surface area contributed by atoms with Gasteiger partial charge in [-0.3, -0.25) is 14.9 Å². The number of hydrazone groups is 1. The maximum absolute atomic E-state index is 12.3. The Morgan fingerprint density at radius 3 is 2.81 bits per heavy atom. The van der Waals surface area contributed by atoms with Crippen molar-refractivity contribution in [3.05, 3.63) is 62.0 Å². The zero-order chi connectivity index (χ0) is 19.6. The van der Waals surface area contributed by atoms with Gasteiger partial charge in [-0.2, -0.15) is 5.10 Å². The first-order valence-electron chi connectivity index (χ1n) is 7.48. The van der Waals surface area contributed by atoms with Gasteiger partial charge >= 0.3 is 0 Å². The Bertz CT molecular complexity index is 1080. The van der Waals surface area contributed by atoms with Crippen LogP contribution in [0.25, 0.3) is 10.1 Å². The molecule has 0 unspecified atom stereocenters. The molecule has 27 heavy (non-hydrogen) atoms. The van der Waals surface area contributed by atoms with E-state index < -0.39 is 10.8 Å². The molecular formula is C17H12ClN3O5S. The number of hydrogen-bond acceptors (Lipinski definition) is 7. The number of amides is 1. The van der Waals surface area contributed by atoms with Crippen molar-refractivity contribution in [3.8, 4) is 11.5 Å². The molecule has 2 N–H and O–H groups in total. The number of aromatic hydroxyl groups is 1. The molecule has 0 spiro atoms. The van der Waals surface area contributed by atoms with Crippen LogP contribution < -0.4 is 10.2 Å². The van der Waals surface area contributed by atoms with E-state index >= 15 is 0 Å². The number of thiophene rings is 1. The van der Waals surface area contributed by atoms with Crippen molar-refractivity contribution in [2.75, 3.05) is 7.11 Å². The minimum atomic E-state index is -0.630. The van der Waals surface area contributed by atoms with Crippen molar-refractivity contribution in [1.82, 2.24) is 5.43 Å². The molecule has 8 nitrogen and oxygen atoms in total. The Labute approximate surface area is 161 Å². The number of rotatable bonds is 5. The van der Waals surface area contributed by atoms with E-state index in [0.29, 0.717) is 5.02 Å². The van der Waals surface area contributed by atoms with E-state index in [-0.39, 0.29) is 27.6 Å². The van der Waals surface area contributed by atoms with E-state index in [9.17, 15) is 20.0 Å². The number of nitrogens with one attached hydrogen (secondary N) is 1. The number of fused-ring (bicyclic) bond motifs is 1. The second kappa shape index (κ2) is 7.60. The standard InChI is InChI=1S/C17H12ClN3O5S/c1-26-12-7-10(21(24)25)6-9(15(12)22)8-19-20-17(23)16-14(18)11-4-2-3-5-13(11)27-16/h2-8,22H,1H3,(H,20,23). The summed E-state index contributed by atoms with van der Waals surface area (Å²) < 4.78 is 5.76. The minimum absolute atomic E-state index is 0.0174. The van der Waals surface area contributed by atoms with Gasteiger partial charge in [0.2, 0.25) is 0 Å². The maximum Gasteiger partial charge on any atom is 0.283 e. The molecule has 1 aromatic heterocycles. The lowest BCUT2D eigenvalue weighted by Gasteiger charge is -2.05. The van der Waals surface area contributed by atoms with E-state index in [1.165, 1.54) is 18.4 Å². The van der Waals surface area contributed by atoms with Crippen LogP contribution >= 0.6 is 22.9 Å². The highest BCUT2D eigenvalue weighted by Gasteiger charge is 2.18. The topological polar surface area (TPSA) is 114 Å². The molecule has 0 aliphatic carbocycles. The summed E-state index contributed by atoms with van der Waals surface area (Å²) in [5.41, 5.74) is 2.03. The summed E-state index contributed by atoms with van der Waals surface area (Å²) in [6.45, 7) is 0. The number of nitro benzene ring substituents is 1. The highest BCUT2D eigenvalue weighted by Crippen LogP contribution is 2.35. The predicted molar refractivity (Wildman–Crippen MR) is 103 cm³/mol. The Morgan fingerprint density at radius 2 is 2.15 bits per heavy atom. The van der Waals surface area contributed by atoms with Gasteiger partial charge in [-0.1, -0.05) is 29.8 Å². The normalized spacial score (nSPS) is 11.0. The van der Waals surface area contributed by atoms with Gasteiger partial charge in [0.05, 0.1) is 29.3 Å². The number of carbonyl (C=O) groups excluding carboxylic acids is 1. The Kier molecular flexibility index (Phi) is 5.24. The van der Waals surface area contributed by atoms with E-state index in [4.69, 9.17) is 16.3 Å². The average Bonchev–Trinajstić information content (AvgIpc) is 3.00. The van der Waals surface area contributed by atoms with Gasteiger partial charge in [-0.25, -0.2) is 5.43 Å². The van der Waals surface area contributed by atoms with Gasteiger partial charge in [0.1, 0.15) is 4.88 Å². The fourth-order valence-electron chi connectivity index (χ4n) is 2.34. The number of ether oxygens (including phenoxy) is 1. The smallest absolute Gasteiger partial charge is 0.283 e. The van der Waals surface area contributed by atoms with Crippen LogP contribution in [0.4, 0.5) is 5.69 Å². The van der Waals surface area contributed by atoms with Crippen molar-refractivity contribution >= 4 is 50.8 Å². The van der Waals surface area contributed by atoms with Crippen molar-refractivity contribution < 1.29 is 19.6 Å². The van der Waals surface area contributed by atoms with Gasteiger partial charge < -0.3 is 9.84 Å². The van der Waals surface area contributed by atoms with Crippen LogP contribution in [-0.2, 0) is 0 Å². The fraction of sp³-hybridized carbons (Fsp3) is 0.0588. The lowest BCUT2D eigenvalue weighted by Crippen LogP contribution is -2.16. The first-order chi connectivity index (χ1) is 12.9. The average molecular weight is 406 g/mol. The fourth-order valence-corrected chi connectivity index (χ4v) is 3.75. The van der Waals surface area contributed by atoms with Gasteiger partial charge in [-0.05, 0) is 6.07 Å². The molecule has 3 aromatic rings. The van der Waals surface area contributed by atoms with E-state index in [1.54, 1.807) is 0 Å². The zero-order valence-electron chi connectivity index (χ0n) is 13.8.